The van der Waals surface area contributed by atoms with Gasteiger partial charge >= 0.3 is 6.09 Å². The molecule has 10 heteroatoms. The molecule has 2 aromatic heterocycles. The number of nitrogens with two attached hydrogens (primary N) is 1. The normalized spacial score (nSPS) is 17.4. The summed E-state index contributed by atoms with van der Waals surface area (Å²) in [5, 5.41) is 12.3. The summed E-state index contributed by atoms with van der Waals surface area (Å²) in [7, 11) is 1.74. The highest BCUT2D eigenvalue weighted by atomic mass is 16.4. The van der Waals surface area contributed by atoms with Gasteiger partial charge in [-0.3, -0.25) is 4.79 Å². The van der Waals surface area contributed by atoms with E-state index in [2.05, 4.69) is 39.1 Å². The molecule has 2 aliphatic rings. The van der Waals surface area contributed by atoms with Gasteiger partial charge in [-0.05, 0) is 31.6 Å². The molecule has 2 heterocycles. The van der Waals surface area contributed by atoms with Crippen LogP contribution in [-0.2, 0) is 7.05 Å². The number of imidazole rings is 1. The predicted octanol–water partition coefficient (Wildman–Crippen LogP) is 6.19. The van der Waals surface area contributed by atoms with E-state index in [1.807, 2.05) is 34.6 Å². The van der Waals surface area contributed by atoms with Gasteiger partial charge in [-0.1, -0.05) is 80.1 Å². The molecule has 0 aromatic carbocycles. The lowest BCUT2D eigenvalue weighted by Crippen LogP contribution is -2.32. The number of aryl methyl sites for hydroxylation is 1. The largest absolute Gasteiger partial charge is 0.463 e. The van der Waals surface area contributed by atoms with Crippen LogP contribution in [0.2, 0.25) is 0 Å². The molecule has 2 fully saturated rings. The van der Waals surface area contributed by atoms with Gasteiger partial charge in [-0.2, -0.15) is 4.99 Å². The van der Waals surface area contributed by atoms with Crippen LogP contribution in [0.15, 0.2) is 4.99 Å². The first-order valence-corrected chi connectivity index (χ1v) is 14.0. The number of aromatic nitrogens is 4. The number of aliphatic imine (C=N–C) groups is 1. The Hall–Kier alpha value is -3.04. The Morgan fingerprint density at radius 2 is 1.66 bits per heavy atom. The highest BCUT2D eigenvalue weighted by Crippen LogP contribution is 2.32. The van der Waals surface area contributed by atoms with Gasteiger partial charge in [-0.15, -0.1) is 0 Å². The van der Waals surface area contributed by atoms with Crippen molar-refractivity contribution in [3.63, 3.8) is 0 Å². The summed E-state index contributed by atoms with van der Waals surface area (Å²) in [5.74, 6) is 1.77. The van der Waals surface area contributed by atoms with Crippen molar-refractivity contribution in [1.82, 2.24) is 19.5 Å². The third kappa shape index (κ3) is 7.98. The van der Waals surface area contributed by atoms with E-state index in [1.165, 1.54) is 38.5 Å². The molecule has 1 amide bonds. The predicted molar refractivity (Wildman–Crippen MR) is 153 cm³/mol. The van der Waals surface area contributed by atoms with Crippen molar-refractivity contribution < 1.29 is 14.7 Å². The van der Waals surface area contributed by atoms with Gasteiger partial charge in [0.25, 0.3) is 0 Å². The van der Waals surface area contributed by atoms with Crippen molar-refractivity contribution in [2.45, 2.75) is 106 Å². The van der Waals surface area contributed by atoms with Crippen molar-refractivity contribution in [3.8, 4) is 0 Å². The van der Waals surface area contributed by atoms with E-state index < -0.39 is 11.5 Å². The summed E-state index contributed by atoms with van der Waals surface area (Å²) in [6.45, 7) is 13.9. The van der Waals surface area contributed by atoms with Crippen LogP contribution in [0.1, 0.15) is 116 Å². The van der Waals surface area contributed by atoms with E-state index in [-0.39, 0.29) is 35.0 Å². The van der Waals surface area contributed by atoms with Gasteiger partial charge in [-0.25, -0.2) is 19.7 Å². The lowest BCUT2D eigenvalue weighted by atomic mass is 9.80. The fourth-order valence-electron chi connectivity index (χ4n) is 4.60. The fourth-order valence-corrected chi connectivity index (χ4v) is 4.60. The standard InChI is InChI=1S/C19H27N7O3.C7H14.C2H6/c1-9(10-7-6-8-10)21-14-11-15(24-16(23-14)13(20)22-18(28)29)25-17(26(11)5)12(27)19(2,3)4;1-7-5-3-2-4-6-7;1-2/h9-10H,6-8H2,1-5H3,(H2,20,22)(H,28,29)(H,21,23,24);7H,2-6H2,1H3;1-2H3/t9-;;/m1../s1. The molecule has 2 aromatic rings. The first-order chi connectivity index (χ1) is 17.9. The second kappa shape index (κ2) is 13.7. The van der Waals surface area contributed by atoms with Gasteiger partial charge in [0, 0.05) is 18.5 Å². The number of ketones is 1. The van der Waals surface area contributed by atoms with E-state index in [1.54, 1.807) is 11.6 Å². The van der Waals surface area contributed by atoms with E-state index in [0.717, 1.165) is 18.8 Å². The summed E-state index contributed by atoms with van der Waals surface area (Å²) < 4.78 is 1.67. The first-order valence-electron chi connectivity index (χ1n) is 14.0. The zero-order chi connectivity index (χ0) is 28.6. The van der Waals surface area contributed by atoms with Crippen LogP contribution in [0.5, 0.6) is 0 Å². The van der Waals surface area contributed by atoms with Crippen LogP contribution in [-0.4, -0.2) is 48.4 Å². The maximum atomic E-state index is 12.8. The molecule has 0 bridgehead atoms. The van der Waals surface area contributed by atoms with Gasteiger partial charge in [0.15, 0.2) is 28.9 Å². The zero-order valence-corrected chi connectivity index (χ0v) is 24.5. The fraction of sp³-hybridized carbons (Fsp3) is 0.714. The summed E-state index contributed by atoms with van der Waals surface area (Å²) in [4.78, 5) is 40.1. The minimum absolute atomic E-state index is 0.0453. The Kier molecular flexibility index (Phi) is 11.2. The third-order valence-corrected chi connectivity index (χ3v) is 7.18. The molecule has 0 saturated heterocycles. The molecule has 0 unspecified atom stereocenters. The molecule has 0 aliphatic heterocycles. The summed E-state index contributed by atoms with van der Waals surface area (Å²) >= 11 is 0. The first kappa shape index (κ1) is 31.2. The number of carbonyl (C=O) groups excluding carboxylic acids is 1. The summed E-state index contributed by atoms with van der Waals surface area (Å²) in [5.41, 5.74) is 5.98. The molecule has 4 rings (SSSR count). The van der Waals surface area contributed by atoms with Crippen molar-refractivity contribution in [2.24, 2.45) is 35.0 Å². The van der Waals surface area contributed by atoms with Crippen LogP contribution >= 0.6 is 0 Å². The Bertz CT molecular complexity index is 1120. The SMILES string of the molecule is CC.CC1CCCCC1.C[C@@H](Nc1nc(/C(N)=N/C(=O)O)nc2nc(C(=O)C(C)(C)C)n(C)c12)C1CCC1. The van der Waals surface area contributed by atoms with Gasteiger partial charge < -0.3 is 20.7 Å². The summed E-state index contributed by atoms with van der Waals surface area (Å²) in [6, 6.07) is 0.143. The number of rotatable bonds is 5. The Morgan fingerprint density at radius 1 is 1.05 bits per heavy atom. The Balaban J connectivity index is 0.000000481. The second-order valence-corrected chi connectivity index (χ2v) is 11.3. The molecular weight excluding hydrogens is 482 g/mol. The van der Waals surface area contributed by atoms with E-state index in [9.17, 15) is 9.59 Å². The number of anilines is 1. The molecule has 0 radical (unpaired) electrons. The number of hydrogen-bond donors (Lipinski definition) is 3. The number of amidine groups is 1. The average molecular weight is 530 g/mol. The lowest BCUT2D eigenvalue weighted by molar-refractivity contribution is 0.0844. The van der Waals surface area contributed by atoms with E-state index >= 15 is 0 Å². The molecule has 2 saturated carbocycles. The maximum Gasteiger partial charge on any atom is 0.433 e. The van der Waals surface area contributed by atoms with Crippen LogP contribution < -0.4 is 11.1 Å². The number of amides is 1. The molecule has 2 aliphatic carbocycles. The minimum atomic E-state index is -1.44. The molecule has 4 N–H and O–H groups in total. The molecule has 1 atom stereocenters. The quantitative estimate of drug-likeness (QED) is 0.236. The number of fused-ring (bicyclic) bond motifs is 1. The number of carboxylic acid groups (broad SMARTS) is 1. The average Bonchev–Trinajstić information content (AvgIpc) is 3.15. The number of hydrogen-bond acceptors (Lipinski definition) is 6. The lowest BCUT2D eigenvalue weighted by Gasteiger charge is -2.32. The van der Waals surface area contributed by atoms with Crippen LogP contribution in [0.25, 0.3) is 11.2 Å². The number of nitrogens with one attached hydrogen (secondary N) is 1. The van der Waals surface area contributed by atoms with Gasteiger partial charge in [0.05, 0.1) is 0 Å². The summed E-state index contributed by atoms with van der Waals surface area (Å²) in [6.07, 6.45) is 9.48. The molecular formula is C28H47N7O3. The number of carbonyl (C=O) groups is 2. The number of Topliss-reactive ketones (excluding diaryl/α,β-unsaturated/α-hetero) is 1. The maximum absolute atomic E-state index is 12.8. The minimum Gasteiger partial charge on any atom is -0.463 e. The Morgan fingerprint density at radius 3 is 2.11 bits per heavy atom. The molecule has 10 nitrogen and oxygen atoms in total. The van der Waals surface area contributed by atoms with E-state index in [4.69, 9.17) is 10.8 Å². The van der Waals surface area contributed by atoms with Crippen LogP contribution in [0, 0.1) is 17.3 Å². The third-order valence-electron chi connectivity index (χ3n) is 7.18. The highest BCUT2D eigenvalue weighted by molar-refractivity contribution is 6.03. The zero-order valence-electron chi connectivity index (χ0n) is 24.5. The van der Waals surface area contributed by atoms with Gasteiger partial charge in [0.2, 0.25) is 5.78 Å². The molecule has 212 valence electrons. The van der Waals surface area contributed by atoms with Crippen molar-refractivity contribution in [3.05, 3.63) is 11.6 Å². The van der Waals surface area contributed by atoms with Crippen LogP contribution in [0.4, 0.5) is 10.6 Å². The second-order valence-electron chi connectivity index (χ2n) is 11.3. The number of nitrogens with zero attached hydrogens (tertiary/aromatic N) is 5. The van der Waals surface area contributed by atoms with E-state index in [0.29, 0.717) is 17.3 Å². The highest BCUT2D eigenvalue weighted by Gasteiger charge is 2.30. The topological polar surface area (TPSA) is 148 Å². The Labute approximate surface area is 226 Å². The van der Waals surface area contributed by atoms with Crippen molar-refractivity contribution in [1.29, 1.82) is 0 Å². The van der Waals surface area contributed by atoms with Crippen LogP contribution in [0.3, 0.4) is 0 Å². The smallest absolute Gasteiger partial charge is 0.433 e. The van der Waals surface area contributed by atoms with Crippen molar-refractivity contribution >= 4 is 34.7 Å². The molecule has 0 spiro atoms. The monoisotopic (exact) mass is 529 g/mol. The van der Waals surface area contributed by atoms with Crippen molar-refractivity contribution in [2.75, 3.05) is 5.32 Å². The molecule has 38 heavy (non-hydrogen) atoms. The van der Waals surface area contributed by atoms with Gasteiger partial charge in [0.1, 0.15) is 5.52 Å².